The minimum Gasteiger partial charge on any atom is -0.497 e. The van der Waals surface area contributed by atoms with Gasteiger partial charge in [-0.1, -0.05) is 29.4 Å². The first-order chi connectivity index (χ1) is 16.5. The van der Waals surface area contributed by atoms with Crippen LogP contribution in [0.1, 0.15) is 5.82 Å². The molecule has 0 aliphatic rings. The summed E-state index contributed by atoms with van der Waals surface area (Å²) in [4.78, 5) is 12.4. The Balaban J connectivity index is 1.52. The molecule has 10 heteroatoms. The second kappa shape index (κ2) is 11.0. The lowest BCUT2D eigenvalue weighted by Gasteiger charge is -2.12. The molecule has 7 nitrogen and oxygen atoms in total. The van der Waals surface area contributed by atoms with Gasteiger partial charge in [0.25, 0.3) is 0 Å². The van der Waals surface area contributed by atoms with E-state index in [9.17, 15) is 9.18 Å². The molecule has 0 fully saturated rings. The van der Waals surface area contributed by atoms with Crippen LogP contribution in [0.2, 0.25) is 5.02 Å². The molecule has 1 amide bonds. The van der Waals surface area contributed by atoms with Gasteiger partial charge < -0.3 is 14.8 Å². The SMILES string of the molecule is COc1ccc(-n2c(COc3ccc(Cl)cc3)nnc2SCC(=O)Nc2cccc(F)c2)cc1. The molecule has 0 saturated heterocycles. The van der Waals surface area contributed by atoms with Crippen molar-refractivity contribution in [3.05, 3.63) is 89.5 Å². The van der Waals surface area contributed by atoms with Crippen LogP contribution in [0.15, 0.2) is 78.0 Å². The molecular formula is C24H20ClFN4O3S. The van der Waals surface area contributed by atoms with E-state index in [1.54, 1.807) is 37.4 Å². The molecule has 3 aromatic carbocycles. The van der Waals surface area contributed by atoms with Gasteiger partial charge in [-0.05, 0) is 66.7 Å². The number of hydrogen-bond acceptors (Lipinski definition) is 6. The largest absolute Gasteiger partial charge is 0.497 e. The van der Waals surface area contributed by atoms with E-state index in [2.05, 4.69) is 15.5 Å². The summed E-state index contributed by atoms with van der Waals surface area (Å²) in [6.45, 7) is 0.150. The monoisotopic (exact) mass is 498 g/mol. The molecule has 0 radical (unpaired) electrons. The van der Waals surface area contributed by atoms with Crippen LogP contribution in [0.5, 0.6) is 11.5 Å². The first kappa shape index (κ1) is 23.6. The Hall–Kier alpha value is -3.56. The third-order valence-electron chi connectivity index (χ3n) is 4.65. The third-order valence-corrected chi connectivity index (χ3v) is 5.83. The number of aromatic nitrogens is 3. The average Bonchev–Trinajstić information content (AvgIpc) is 3.25. The number of ether oxygens (including phenoxy) is 2. The number of benzene rings is 3. The summed E-state index contributed by atoms with van der Waals surface area (Å²) < 4.78 is 26.3. The summed E-state index contributed by atoms with van der Waals surface area (Å²) >= 11 is 7.14. The molecule has 34 heavy (non-hydrogen) atoms. The van der Waals surface area contributed by atoms with Gasteiger partial charge in [0.05, 0.1) is 12.9 Å². The summed E-state index contributed by atoms with van der Waals surface area (Å²) in [5, 5.41) is 12.3. The summed E-state index contributed by atoms with van der Waals surface area (Å²) in [5.74, 6) is 1.24. The molecule has 4 rings (SSSR count). The van der Waals surface area contributed by atoms with E-state index in [4.69, 9.17) is 21.1 Å². The van der Waals surface area contributed by atoms with Gasteiger partial charge in [-0.3, -0.25) is 9.36 Å². The van der Waals surface area contributed by atoms with Crippen molar-refractivity contribution < 1.29 is 18.7 Å². The van der Waals surface area contributed by atoms with Crippen molar-refractivity contribution in [2.24, 2.45) is 0 Å². The van der Waals surface area contributed by atoms with E-state index in [-0.39, 0.29) is 18.3 Å². The van der Waals surface area contributed by atoms with Crippen molar-refractivity contribution >= 4 is 35.0 Å². The summed E-state index contributed by atoms with van der Waals surface area (Å²) in [5.41, 5.74) is 1.17. The lowest BCUT2D eigenvalue weighted by molar-refractivity contribution is -0.113. The Morgan fingerprint density at radius 1 is 1.06 bits per heavy atom. The van der Waals surface area contributed by atoms with E-state index in [0.717, 1.165) is 5.69 Å². The van der Waals surface area contributed by atoms with Gasteiger partial charge in [-0.2, -0.15) is 0 Å². The van der Waals surface area contributed by atoms with Gasteiger partial charge >= 0.3 is 0 Å². The van der Waals surface area contributed by atoms with Gasteiger partial charge in [-0.15, -0.1) is 10.2 Å². The second-order valence-corrected chi connectivity index (χ2v) is 8.40. The topological polar surface area (TPSA) is 78.3 Å². The Morgan fingerprint density at radius 2 is 1.79 bits per heavy atom. The zero-order valence-electron chi connectivity index (χ0n) is 18.1. The molecule has 1 N–H and O–H groups in total. The molecule has 0 aliphatic carbocycles. The normalized spacial score (nSPS) is 10.7. The first-order valence-corrected chi connectivity index (χ1v) is 11.5. The van der Waals surface area contributed by atoms with Crippen molar-refractivity contribution in [3.63, 3.8) is 0 Å². The Morgan fingerprint density at radius 3 is 2.50 bits per heavy atom. The molecule has 1 aromatic heterocycles. The maximum Gasteiger partial charge on any atom is 0.234 e. The zero-order chi connectivity index (χ0) is 23.9. The van der Waals surface area contributed by atoms with E-state index in [1.807, 2.05) is 28.8 Å². The van der Waals surface area contributed by atoms with Crippen molar-refractivity contribution in [2.45, 2.75) is 11.8 Å². The molecule has 1 heterocycles. The molecular weight excluding hydrogens is 479 g/mol. The van der Waals surface area contributed by atoms with E-state index < -0.39 is 5.82 Å². The van der Waals surface area contributed by atoms with Gasteiger partial charge in [0.15, 0.2) is 11.0 Å². The highest BCUT2D eigenvalue weighted by Crippen LogP contribution is 2.25. The van der Waals surface area contributed by atoms with Crippen LogP contribution in [0.4, 0.5) is 10.1 Å². The van der Waals surface area contributed by atoms with Crippen LogP contribution in [0.25, 0.3) is 5.69 Å². The zero-order valence-corrected chi connectivity index (χ0v) is 19.6. The van der Waals surface area contributed by atoms with Gasteiger partial charge in [0, 0.05) is 16.4 Å². The number of halogens is 2. The minimum atomic E-state index is -0.421. The van der Waals surface area contributed by atoms with Crippen LogP contribution in [0, 0.1) is 5.82 Å². The fourth-order valence-electron chi connectivity index (χ4n) is 3.05. The highest BCUT2D eigenvalue weighted by atomic mass is 35.5. The van der Waals surface area contributed by atoms with Crippen LogP contribution in [-0.2, 0) is 11.4 Å². The first-order valence-electron chi connectivity index (χ1n) is 10.2. The quantitative estimate of drug-likeness (QED) is 0.312. The number of nitrogens with zero attached hydrogens (tertiary/aromatic N) is 3. The number of amides is 1. The number of hydrogen-bond donors (Lipinski definition) is 1. The molecule has 174 valence electrons. The average molecular weight is 499 g/mol. The second-order valence-electron chi connectivity index (χ2n) is 7.02. The molecule has 0 unspecified atom stereocenters. The Bertz CT molecular complexity index is 1270. The lowest BCUT2D eigenvalue weighted by Crippen LogP contribution is -2.15. The molecule has 4 aromatic rings. The Kier molecular flexibility index (Phi) is 7.66. The van der Waals surface area contributed by atoms with Crippen molar-refractivity contribution in [1.29, 1.82) is 0 Å². The molecule has 0 aliphatic heterocycles. The number of nitrogens with one attached hydrogen (secondary N) is 1. The Labute approximate surface area is 204 Å². The van der Waals surface area contributed by atoms with Crippen molar-refractivity contribution in [3.8, 4) is 17.2 Å². The van der Waals surface area contributed by atoms with Crippen LogP contribution < -0.4 is 14.8 Å². The molecule has 0 bridgehead atoms. The number of rotatable bonds is 9. The summed E-state index contributed by atoms with van der Waals surface area (Å²) in [6.07, 6.45) is 0. The highest BCUT2D eigenvalue weighted by molar-refractivity contribution is 7.99. The maximum atomic E-state index is 13.4. The summed E-state index contributed by atoms with van der Waals surface area (Å²) in [7, 11) is 1.59. The smallest absolute Gasteiger partial charge is 0.234 e. The lowest BCUT2D eigenvalue weighted by atomic mass is 10.3. The standard InChI is InChI=1S/C24H20ClFN4O3S/c1-32-20-11-7-19(8-12-20)30-22(14-33-21-9-5-16(25)6-10-21)28-29-24(30)34-15-23(31)27-18-4-2-3-17(26)13-18/h2-13H,14-15H2,1H3,(H,27,31). The minimum absolute atomic E-state index is 0.0584. The highest BCUT2D eigenvalue weighted by Gasteiger charge is 2.17. The number of carbonyl (C=O) groups is 1. The fraction of sp³-hybridized carbons (Fsp3) is 0.125. The number of carbonyl (C=O) groups excluding carboxylic acids is 1. The van der Waals surface area contributed by atoms with E-state index in [1.165, 1.54) is 30.0 Å². The number of anilines is 1. The summed E-state index contributed by atoms with van der Waals surface area (Å²) in [6, 6.07) is 20.1. The molecule has 0 spiro atoms. The van der Waals surface area contributed by atoms with Crippen molar-refractivity contribution in [2.75, 3.05) is 18.2 Å². The number of thioether (sulfide) groups is 1. The maximum absolute atomic E-state index is 13.4. The third kappa shape index (κ3) is 6.06. The van der Waals surface area contributed by atoms with Crippen LogP contribution in [0.3, 0.4) is 0 Å². The van der Waals surface area contributed by atoms with Crippen LogP contribution in [-0.4, -0.2) is 33.5 Å². The van der Waals surface area contributed by atoms with Gasteiger partial charge in [0.1, 0.15) is 23.9 Å². The number of methoxy groups -OCH3 is 1. The van der Waals surface area contributed by atoms with Gasteiger partial charge in [0.2, 0.25) is 5.91 Å². The van der Waals surface area contributed by atoms with E-state index in [0.29, 0.717) is 33.2 Å². The fourth-order valence-corrected chi connectivity index (χ4v) is 3.95. The van der Waals surface area contributed by atoms with Crippen LogP contribution >= 0.6 is 23.4 Å². The molecule has 0 saturated carbocycles. The van der Waals surface area contributed by atoms with Gasteiger partial charge in [-0.25, -0.2) is 4.39 Å². The molecule has 0 atom stereocenters. The van der Waals surface area contributed by atoms with E-state index >= 15 is 0 Å². The predicted molar refractivity (Wildman–Crippen MR) is 129 cm³/mol. The predicted octanol–water partition coefficient (Wildman–Crippen LogP) is 5.38. The van der Waals surface area contributed by atoms with Crippen molar-refractivity contribution in [1.82, 2.24) is 14.8 Å².